The van der Waals surface area contributed by atoms with Gasteiger partial charge in [0.05, 0.1) is 0 Å². The van der Waals surface area contributed by atoms with Crippen molar-refractivity contribution in [3.63, 3.8) is 0 Å². The molecule has 2 rings (SSSR count). The standard InChI is InChI=1S/C14H18BrNO2/c15-12-2-4-13(5-3-12)16-14(17)6-1-11-7-9-18-10-8-11/h2-5,11H,1,6-10H2,(H,16,17). The van der Waals surface area contributed by atoms with Crippen LogP contribution in [0.1, 0.15) is 25.7 Å². The molecule has 1 aromatic carbocycles. The maximum atomic E-state index is 11.8. The van der Waals surface area contributed by atoms with Gasteiger partial charge in [-0.05, 0) is 49.4 Å². The van der Waals surface area contributed by atoms with E-state index in [9.17, 15) is 4.79 Å². The molecule has 1 aliphatic heterocycles. The lowest BCUT2D eigenvalue weighted by Gasteiger charge is -2.21. The molecule has 1 N–H and O–H groups in total. The lowest BCUT2D eigenvalue weighted by molar-refractivity contribution is -0.116. The van der Waals surface area contributed by atoms with Crippen molar-refractivity contribution in [2.45, 2.75) is 25.7 Å². The molecule has 0 bridgehead atoms. The fraction of sp³-hybridized carbons (Fsp3) is 0.500. The number of halogens is 1. The first-order valence-corrected chi connectivity index (χ1v) is 7.16. The number of benzene rings is 1. The molecular formula is C14H18BrNO2. The number of amides is 1. The zero-order chi connectivity index (χ0) is 12.8. The van der Waals surface area contributed by atoms with E-state index in [-0.39, 0.29) is 5.91 Å². The number of nitrogens with one attached hydrogen (secondary N) is 1. The summed E-state index contributed by atoms with van der Waals surface area (Å²) in [4.78, 5) is 11.8. The Morgan fingerprint density at radius 3 is 2.61 bits per heavy atom. The van der Waals surface area contributed by atoms with Crippen molar-refractivity contribution < 1.29 is 9.53 Å². The Morgan fingerprint density at radius 1 is 1.28 bits per heavy atom. The van der Waals surface area contributed by atoms with Crippen LogP contribution in [0.15, 0.2) is 28.7 Å². The van der Waals surface area contributed by atoms with Crippen LogP contribution in [-0.4, -0.2) is 19.1 Å². The highest BCUT2D eigenvalue weighted by Crippen LogP contribution is 2.20. The van der Waals surface area contributed by atoms with Crippen LogP contribution in [0.5, 0.6) is 0 Å². The maximum Gasteiger partial charge on any atom is 0.224 e. The van der Waals surface area contributed by atoms with Gasteiger partial charge >= 0.3 is 0 Å². The van der Waals surface area contributed by atoms with Gasteiger partial charge in [-0.1, -0.05) is 15.9 Å². The average molecular weight is 312 g/mol. The molecule has 0 atom stereocenters. The van der Waals surface area contributed by atoms with Crippen molar-refractivity contribution in [2.24, 2.45) is 5.92 Å². The quantitative estimate of drug-likeness (QED) is 0.922. The zero-order valence-electron chi connectivity index (χ0n) is 10.3. The van der Waals surface area contributed by atoms with Gasteiger partial charge < -0.3 is 10.1 Å². The fourth-order valence-electron chi connectivity index (χ4n) is 2.13. The van der Waals surface area contributed by atoms with Crippen LogP contribution < -0.4 is 5.32 Å². The van der Waals surface area contributed by atoms with Gasteiger partial charge in [0.25, 0.3) is 0 Å². The van der Waals surface area contributed by atoms with Gasteiger partial charge in [-0.2, -0.15) is 0 Å². The number of hydrogen-bond acceptors (Lipinski definition) is 2. The Hall–Kier alpha value is -0.870. The van der Waals surface area contributed by atoms with Crippen molar-refractivity contribution in [3.05, 3.63) is 28.7 Å². The molecule has 1 aromatic rings. The first-order chi connectivity index (χ1) is 8.74. The minimum Gasteiger partial charge on any atom is -0.381 e. The maximum absolute atomic E-state index is 11.8. The lowest BCUT2D eigenvalue weighted by Crippen LogP contribution is -2.18. The van der Waals surface area contributed by atoms with Crippen LogP contribution in [0, 0.1) is 5.92 Å². The summed E-state index contributed by atoms with van der Waals surface area (Å²) in [6, 6.07) is 7.65. The van der Waals surface area contributed by atoms with Crippen molar-refractivity contribution in [3.8, 4) is 0 Å². The van der Waals surface area contributed by atoms with Gasteiger partial charge in [-0.15, -0.1) is 0 Å². The van der Waals surface area contributed by atoms with Crippen molar-refractivity contribution >= 4 is 27.5 Å². The predicted octanol–water partition coefficient (Wildman–Crippen LogP) is 3.59. The number of anilines is 1. The molecule has 0 aromatic heterocycles. The monoisotopic (exact) mass is 311 g/mol. The zero-order valence-corrected chi connectivity index (χ0v) is 11.9. The number of carbonyl (C=O) groups excluding carboxylic acids is 1. The molecule has 98 valence electrons. The first kappa shape index (κ1) is 13.6. The third kappa shape index (κ3) is 4.42. The van der Waals surface area contributed by atoms with Crippen LogP contribution in [0.25, 0.3) is 0 Å². The lowest BCUT2D eigenvalue weighted by atomic mass is 9.95. The number of ether oxygens (including phenoxy) is 1. The molecule has 0 spiro atoms. The Bertz CT molecular complexity index is 385. The second-order valence-corrected chi connectivity index (χ2v) is 5.57. The second-order valence-electron chi connectivity index (χ2n) is 4.65. The predicted molar refractivity (Wildman–Crippen MR) is 75.5 cm³/mol. The molecule has 1 amide bonds. The van der Waals surface area contributed by atoms with Gasteiger partial charge in [-0.3, -0.25) is 4.79 Å². The fourth-order valence-corrected chi connectivity index (χ4v) is 2.39. The van der Waals surface area contributed by atoms with Crippen molar-refractivity contribution in [2.75, 3.05) is 18.5 Å². The van der Waals surface area contributed by atoms with Crippen molar-refractivity contribution in [1.29, 1.82) is 0 Å². The summed E-state index contributed by atoms with van der Waals surface area (Å²) in [5.41, 5.74) is 0.857. The van der Waals surface area contributed by atoms with Crippen molar-refractivity contribution in [1.82, 2.24) is 0 Å². The molecule has 18 heavy (non-hydrogen) atoms. The smallest absolute Gasteiger partial charge is 0.224 e. The molecule has 0 radical (unpaired) electrons. The third-order valence-corrected chi connectivity index (χ3v) is 3.78. The Kier molecular flexibility index (Phi) is 5.20. The summed E-state index contributed by atoms with van der Waals surface area (Å²) in [7, 11) is 0. The average Bonchev–Trinajstić information content (AvgIpc) is 2.40. The minimum atomic E-state index is 0.101. The third-order valence-electron chi connectivity index (χ3n) is 3.25. The largest absolute Gasteiger partial charge is 0.381 e. The Labute approximate surface area is 116 Å². The summed E-state index contributed by atoms with van der Waals surface area (Å²) in [5.74, 6) is 0.748. The van der Waals surface area contributed by atoms with E-state index in [4.69, 9.17) is 4.74 Å². The van der Waals surface area contributed by atoms with Gasteiger partial charge in [0.15, 0.2) is 0 Å². The Balaban J connectivity index is 1.73. The van der Waals surface area contributed by atoms with E-state index in [1.54, 1.807) is 0 Å². The van der Waals surface area contributed by atoms with Crippen LogP contribution in [0.3, 0.4) is 0 Å². The van der Waals surface area contributed by atoms with Gasteiger partial charge in [-0.25, -0.2) is 0 Å². The van der Waals surface area contributed by atoms with E-state index in [1.165, 1.54) is 0 Å². The molecule has 3 nitrogen and oxygen atoms in total. The summed E-state index contributed by atoms with van der Waals surface area (Å²) >= 11 is 3.37. The highest BCUT2D eigenvalue weighted by atomic mass is 79.9. The van der Waals surface area contributed by atoms with Crippen LogP contribution in [0.2, 0.25) is 0 Å². The van der Waals surface area contributed by atoms with E-state index < -0.39 is 0 Å². The normalized spacial score (nSPS) is 16.5. The summed E-state index contributed by atoms with van der Waals surface area (Å²) in [6.45, 7) is 1.69. The molecule has 4 heteroatoms. The minimum absolute atomic E-state index is 0.101. The van der Waals surface area contributed by atoms with Gasteiger partial charge in [0.2, 0.25) is 5.91 Å². The highest BCUT2D eigenvalue weighted by molar-refractivity contribution is 9.10. The SMILES string of the molecule is O=C(CCC1CCOCC1)Nc1ccc(Br)cc1. The molecule has 0 saturated carbocycles. The van der Waals surface area contributed by atoms with Gasteiger partial charge in [0.1, 0.15) is 0 Å². The van der Waals surface area contributed by atoms with E-state index in [0.717, 1.165) is 42.6 Å². The second kappa shape index (κ2) is 6.90. The summed E-state index contributed by atoms with van der Waals surface area (Å²) < 4.78 is 6.32. The number of carbonyl (C=O) groups is 1. The molecular weight excluding hydrogens is 294 g/mol. The summed E-state index contributed by atoms with van der Waals surface area (Å²) in [5, 5.41) is 2.92. The molecule has 1 fully saturated rings. The van der Waals surface area contributed by atoms with E-state index in [2.05, 4.69) is 21.2 Å². The molecule has 1 saturated heterocycles. The van der Waals surface area contributed by atoms with E-state index >= 15 is 0 Å². The number of rotatable bonds is 4. The Morgan fingerprint density at radius 2 is 1.94 bits per heavy atom. The molecule has 0 aliphatic carbocycles. The first-order valence-electron chi connectivity index (χ1n) is 6.37. The molecule has 1 heterocycles. The molecule has 1 aliphatic rings. The highest BCUT2D eigenvalue weighted by Gasteiger charge is 2.15. The number of hydrogen-bond donors (Lipinski definition) is 1. The summed E-state index contributed by atoms with van der Waals surface area (Å²) in [6.07, 6.45) is 3.74. The van der Waals surface area contributed by atoms with Crippen LogP contribution in [-0.2, 0) is 9.53 Å². The topological polar surface area (TPSA) is 38.3 Å². The van der Waals surface area contributed by atoms with Crippen LogP contribution >= 0.6 is 15.9 Å². The van der Waals surface area contributed by atoms with Gasteiger partial charge in [0, 0.05) is 29.8 Å². The van der Waals surface area contributed by atoms with Crippen LogP contribution in [0.4, 0.5) is 5.69 Å². The van der Waals surface area contributed by atoms with E-state index in [0.29, 0.717) is 12.3 Å². The van der Waals surface area contributed by atoms with E-state index in [1.807, 2.05) is 24.3 Å². The molecule has 0 unspecified atom stereocenters.